The Morgan fingerprint density at radius 3 is 2.37 bits per heavy atom. The topological polar surface area (TPSA) is 31.2 Å². The molecule has 0 unspecified atom stereocenters. The second-order valence-corrected chi connectivity index (χ2v) is 5.26. The summed E-state index contributed by atoms with van der Waals surface area (Å²) in [4.78, 5) is 11.5. The van der Waals surface area contributed by atoms with Gasteiger partial charge in [-0.3, -0.25) is 4.79 Å². The minimum Gasteiger partial charge on any atom is -0.454 e. The maximum Gasteiger partial charge on any atom is 0.251 e. The van der Waals surface area contributed by atoms with Crippen molar-refractivity contribution in [2.45, 2.75) is 13.8 Å². The van der Waals surface area contributed by atoms with Gasteiger partial charge in [0.15, 0.2) is 5.75 Å². The molecule has 0 fully saturated rings. The van der Waals surface area contributed by atoms with Gasteiger partial charge in [0.25, 0.3) is 5.56 Å². The van der Waals surface area contributed by atoms with Gasteiger partial charge in [-0.1, -0.05) is 0 Å². The molecule has 1 heterocycles. The number of nitrogens with zero attached hydrogens (tertiary/aromatic N) is 1. The molecule has 19 heavy (non-hydrogen) atoms. The van der Waals surface area contributed by atoms with E-state index in [9.17, 15) is 9.18 Å². The molecule has 0 aliphatic heterocycles. The van der Waals surface area contributed by atoms with Crippen molar-refractivity contribution < 1.29 is 9.13 Å². The molecular formula is C14H13BrFNO2. The molecule has 0 saturated carbocycles. The molecule has 0 saturated heterocycles. The highest BCUT2D eigenvalue weighted by Gasteiger charge is 2.11. The average molecular weight is 326 g/mol. The van der Waals surface area contributed by atoms with Crippen LogP contribution in [0.2, 0.25) is 0 Å². The summed E-state index contributed by atoms with van der Waals surface area (Å²) in [5.74, 6) is 0.822. The Bertz CT molecular complexity index is 671. The van der Waals surface area contributed by atoms with Crippen molar-refractivity contribution in [2.75, 3.05) is 0 Å². The molecular weight excluding hydrogens is 313 g/mol. The van der Waals surface area contributed by atoms with Crippen LogP contribution in [-0.2, 0) is 7.05 Å². The lowest BCUT2D eigenvalue weighted by atomic mass is 10.1. The summed E-state index contributed by atoms with van der Waals surface area (Å²) < 4.78 is 21.0. The standard InChI is InChI=1S/C14H13BrFNO2/c1-8-4-10(16)5-9(2)14(8)19-12-7-17(3)13(18)6-11(12)15/h4-7H,1-3H3. The first kappa shape index (κ1) is 13.8. The average Bonchev–Trinajstić information content (AvgIpc) is 2.29. The van der Waals surface area contributed by atoms with Crippen molar-refractivity contribution in [1.29, 1.82) is 0 Å². The van der Waals surface area contributed by atoms with E-state index in [2.05, 4.69) is 15.9 Å². The van der Waals surface area contributed by atoms with E-state index < -0.39 is 0 Å². The van der Waals surface area contributed by atoms with Crippen molar-refractivity contribution in [2.24, 2.45) is 7.05 Å². The number of ether oxygens (including phenoxy) is 1. The van der Waals surface area contributed by atoms with Gasteiger partial charge in [0.05, 0.1) is 10.7 Å². The highest BCUT2D eigenvalue weighted by Crippen LogP contribution is 2.32. The third kappa shape index (κ3) is 2.87. The Kier molecular flexibility index (Phi) is 3.75. The molecule has 0 aliphatic carbocycles. The lowest BCUT2D eigenvalue weighted by molar-refractivity contribution is 0.463. The van der Waals surface area contributed by atoms with E-state index in [0.29, 0.717) is 27.1 Å². The summed E-state index contributed by atoms with van der Waals surface area (Å²) in [5.41, 5.74) is 1.28. The zero-order valence-corrected chi connectivity index (χ0v) is 12.4. The number of pyridine rings is 1. The summed E-state index contributed by atoms with van der Waals surface area (Å²) in [6, 6.07) is 4.26. The number of benzene rings is 1. The molecule has 3 nitrogen and oxygen atoms in total. The Morgan fingerprint density at radius 2 is 1.79 bits per heavy atom. The predicted octanol–water partition coefficient (Wildman–Crippen LogP) is 3.70. The fourth-order valence-corrected chi connectivity index (χ4v) is 2.21. The molecule has 0 amide bonds. The van der Waals surface area contributed by atoms with Gasteiger partial charge < -0.3 is 9.30 Å². The summed E-state index contributed by atoms with van der Waals surface area (Å²) in [6.45, 7) is 3.56. The van der Waals surface area contributed by atoms with Gasteiger partial charge in [-0.2, -0.15) is 0 Å². The number of aromatic nitrogens is 1. The van der Waals surface area contributed by atoms with Gasteiger partial charge in [-0.25, -0.2) is 4.39 Å². The predicted molar refractivity (Wildman–Crippen MR) is 75.3 cm³/mol. The summed E-state index contributed by atoms with van der Waals surface area (Å²) in [5, 5.41) is 0. The zero-order valence-electron chi connectivity index (χ0n) is 10.8. The number of rotatable bonds is 2. The van der Waals surface area contributed by atoms with Crippen LogP contribution in [0.3, 0.4) is 0 Å². The minimum atomic E-state index is -0.290. The van der Waals surface area contributed by atoms with E-state index in [4.69, 9.17) is 4.74 Å². The van der Waals surface area contributed by atoms with Gasteiger partial charge >= 0.3 is 0 Å². The van der Waals surface area contributed by atoms with Gasteiger partial charge in [0.2, 0.25) is 0 Å². The quantitative estimate of drug-likeness (QED) is 0.843. The van der Waals surface area contributed by atoms with Crippen molar-refractivity contribution in [3.63, 3.8) is 0 Å². The normalized spacial score (nSPS) is 10.6. The monoisotopic (exact) mass is 325 g/mol. The van der Waals surface area contributed by atoms with Crippen LogP contribution in [0.15, 0.2) is 33.7 Å². The van der Waals surface area contributed by atoms with Crippen LogP contribution in [0.1, 0.15) is 11.1 Å². The van der Waals surface area contributed by atoms with Crippen LogP contribution in [0.25, 0.3) is 0 Å². The Hall–Kier alpha value is -1.62. The number of hydrogen-bond acceptors (Lipinski definition) is 2. The highest BCUT2D eigenvalue weighted by molar-refractivity contribution is 9.10. The summed E-state index contributed by atoms with van der Waals surface area (Å²) >= 11 is 3.29. The lowest BCUT2D eigenvalue weighted by Crippen LogP contribution is -2.14. The van der Waals surface area contributed by atoms with Crippen LogP contribution in [0, 0.1) is 19.7 Å². The molecule has 0 N–H and O–H groups in total. The molecule has 1 aromatic heterocycles. The summed E-state index contributed by atoms with van der Waals surface area (Å²) in [6.07, 6.45) is 1.59. The van der Waals surface area contributed by atoms with Crippen LogP contribution < -0.4 is 10.3 Å². The van der Waals surface area contributed by atoms with Crippen LogP contribution in [0.5, 0.6) is 11.5 Å². The first-order valence-electron chi connectivity index (χ1n) is 5.69. The molecule has 0 aliphatic rings. The first-order valence-corrected chi connectivity index (χ1v) is 6.48. The Morgan fingerprint density at radius 1 is 1.21 bits per heavy atom. The van der Waals surface area contributed by atoms with E-state index in [1.165, 1.54) is 22.8 Å². The maximum atomic E-state index is 13.2. The van der Waals surface area contributed by atoms with Crippen LogP contribution in [-0.4, -0.2) is 4.57 Å². The second kappa shape index (κ2) is 5.17. The molecule has 0 radical (unpaired) electrons. The highest BCUT2D eigenvalue weighted by atomic mass is 79.9. The number of aryl methyl sites for hydroxylation is 3. The SMILES string of the molecule is Cc1cc(F)cc(C)c1Oc1cn(C)c(=O)cc1Br. The fourth-order valence-electron chi connectivity index (χ4n) is 1.83. The molecule has 0 spiro atoms. The number of halogens is 2. The second-order valence-electron chi connectivity index (χ2n) is 4.41. The molecule has 2 aromatic rings. The maximum absolute atomic E-state index is 13.2. The third-order valence-electron chi connectivity index (χ3n) is 2.78. The Labute approximate surface area is 118 Å². The van der Waals surface area contributed by atoms with E-state index in [0.717, 1.165) is 0 Å². The van der Waals surface area contributed by atoms with Crippen molar-refractivity contribution in [1.82, 2.24) is 4.57 Å². The molecule has 0 bridgehead atoms. The van der Waals surface area contributed by atoms with Gasteiger partial charge in [-0.05, 0) is 53.0 Å². The third-order valence-corrected chi connectivity index (χ3v) is 3.40. The molecule has 1 aromatic carbocycles. The Balaban J connectivity index is 2.48. The van der Waals surface area contributed by atoms with E-state index >= 15 is 0 Å². The largest absolute Gasteiger partial charge is 0.454 e. The van der Waals surface area contributed by atoms with Crippen molar-refractivity contribution >= 4 is 15.9 Å². The van der Waals surface area contributed by atoms with E-state index in [1.807, 2.05) is 0 Å². The van der Waals surface area contributed by atoms with E-state index in [-0.39, 0.29) is 11.4 Å². The smallest absolute Gasteiger partial charge is 0.251 e. The molecule has 5 heteroatoms. The minimum absolute atomic E-state index is 0.133. The molecule has 2 rings (SSSR count). The van der Waals surface area contributed by atoms with E-state index in [1.54, 1.807) is 27.1 Å². The first-order chi connectivity index (χ1) is 8.88. The summed E-state index contributed by atoms with van der Waals surface area (Å²) in [7, 11) is 1.64. The van der Waals surface area contributed by atoms with Gasteiger partial charge in [0, 0.05) is 13.1 Å². The van der Waals surface area contributed by atoms with Gasteiger partial charge in [-0.15, -0.1) is 0 Å². The van der Waals surface area contributed by atoms with Crippen molar-refractivity contribution in [3.05, 3.63) is 56.2 Å². The lowest BCUT2D eigenvalue weighted by Gasteiger charge is -2.13. The molecule has 0 atom stereocenters. The van der Waals surface area contributed by atoms with Gasteiger partial charge in [0.1, 0.15) is 11.6 Å². The fraction of sp³-hybridized carbons (Fsp3) is 0.214. The number of hydrogen-bond donors (Lipinski definition) is 0. The van der Waals surface area contributed by atoms with Crippen LogP contribution in [0.4, 0.5) is 4.39 Å². The van der Waals surface area contributed by atoms with Crippen LogP contribution >= 0.6 is 15.9 Å². The molecule has 100 valence electrons. The van der Waals surface area contributed by atoms with Crippen molar-refractivity contribution in [3.8, 4) is 11.5 Å². The zero-order chi connectivity index (χ0) is 14.2.